The number of rotatable bonds is 4. The number of ketones is 1. The minimum Gasteiger partial charge on any atom is -0.494 e. The number of aryl methyl sites for hydroxylation is 1. The van der Waals surface area contributed by atoms with E-state index in [1.807, 2.05) is 18.2 Å². The molecular weight excluding hydrogens is 328 g/mol. The van der Waals surface area contributed by atoms with Crippen molar-refractivity contribution in [2.24, 2.45) is 0 Å². The van der Waals surface area contributed by atoms with Crippen molar-refractivity contribution < 1.29 is 9.53 Å². The van der Waals surface area contributed by atoms with Gasteiger partial charge in [-0.25, -0.2) is 9.97 Å². The molecule has 3 aromatic rings. The Hall–Kier alpha value is -3.02. The number of carbonyl (C=O) groups is 1. The molecule has 2 heterocycles. The van der Waals surface area contributed by atoms with Gasteiger partial charge in [0.25, 0.3) is 0 Å². The standard InChI is InChI=1S/C20H20N4O2/c1-26-16-9-3-8-14-18(23-20(21)24-19(14)16)15(25)11-13-6-2-5-12-7-4-10-22-17(12)13/h3-4,7-10,13H,2,5-6,11H2,1H3,(H2,21,23,24)/t13-/m1/s1. The first-order chi connectivity index (χ1) is 12.7. The van der Waals surface area contributed by atoms with Crippen LogP contribution < -0.4 is 10.5 Å². The molecule has 1 aromatic carbocycles. The molecule has 1 atom stereocenters. The van der Waals surface area contributed by atoms with Crippen LogP contribution in [0, 0.1) is 0 Å². The molecule has 132 valence electrons. The molecule has 1 aliphatic rings. The molecule has 4 rings (SSSR count). The third-order valence-corrected chi connectivity index (χ3v) is 4.93. The predicted octanol–water partition coefficient (Wildman–Crippen LogP) is 3.31. The van der Waals surface area contributed by atoms with Gasteiger partial charge in [0.05, 0.1) is 7.11 Å². The van der Waals surface area contributed by atoms with Gasteiger partial charge in [-0.1, -0.05) is 18.2 Å². The molecule has 26 heavy (non-hydrogen) atoms. The van der Waals surface area contributed by atoms with E-state index in [0.717, 1.165) is 25.0 Å². The average Bonchev–Trinajstić information content (AvgIpc) is 2.67. The Morgan fingerprint density at radius 2 is 2.15 bits per heavy atom. The minimum atomic E-state index is -0.0409. The van der Waals surface area contributed by atoms with Crippen molar-refractivity contribution in [3.63, 3.8) is 0 Å². The number of aromatic nitrogens is 3. The largest absolute Gasteiger partial charge is 0.494 e. The van der Waals surface area contributed by atoms with Crippen molar-refractivity contribution in [3.8, 4) is 5.75 Å². The number of methoxy groups -OCH3 is 1. The maximum absolute atomic E-state index is 13.1. The number of pyridine rings is 1. The first-order valence-corrected chi connectivity index (χ1v) is 8.74. The van der Waals surface area contributed by atoms with Gasteiger partial charge >= 0.3 is 0 Å². The van der Waals surface area contributed by atoms with Gasteiger partial charge in [-0.2, -0.15) is 0 Å². The van der Waals surface area contributed by atoms with Crippen molar-refractivity contribution in [1.29, 1.82) is 0 Å². The molecule has 0 amide bonds. The molecule has 2 aromatic heterocycles. The summed E-state index contributed by atoms with van der Waals surface area (Å²) in [4.78, 5) is 26.1. The molecule has 0 spiro atoms. The van der Waals surface area contributed by atoms with Crippen molar-refractivity contribution in [3.05, 3.63) is 53.5 Å². The van der Waals surface area contributed by atoms with E-state index in [4.69, 9.17) is 10.5 Å². The van der Waals surface area contributed by atoms with E-state index >= 15 is 0 Å². The third-order valence-electron chi connectivity index (χ3n) is 4.93. The summed E-state index contributed by atoms with van der Waals surface area (Å²) in [5.74, 6) is 0.730. The summed E-state index contributed by atoms with van der Waals surface area (Å²) in [6.07, 6.45) is 5.21. The fraction of sp³-hybridized carbons (Fsp3) is 0.300. The Morgan fingerprint density at radius 1 is 1.27 bits per heavy atom. The number of nitrogen functional groups attached to an aromatic ring is 1. The second kappa shape index (κ2) is 6.71. The zero-order valence-corrected chi connectivity index (χ0v) is 14.6. The lowest BCUT2D eigenvalue weighted by atomic mass is 9.83. The summed E-state index contributed by atoms with van der Waals surface area (Å²) in [7, 11) is 1.57. The van der Waals surface area contributed by atoms with Crippen LogP contribution in [0.2, 0.25) is 0 Å². The number of nitrogens with two attached hydrogens (primary N) is 1. The lowest BCUT2D eigenvalue weighted by Gasteiger charge is -2.23. The van der Waals surface area contributed by atoms with Crippen LogP contribution in [0.3, 0.4) is 0 Å². The van der Waals surface area contributed by atoms with Crippen LogP contribution in [0.15, 0.2) is 36.5 Å². The molecule has 0 radical (unpaired) electrons. The summed E-state index contributed by atoms with van der Waals surface area (Å²) in [5.41, 5.74) is 9.05. The van der Waals surface area contributed by atoms with Crippen molar-refractivity contribution in [2.75, 3.05) is 12.8 Å². The molecule has 0 saturated heterocycles. The Bertz CT molecular complexity index is 987. The van der Waals surface area contributed by atoms with E-state index in [0.29, 0.717) is 28.8 Å². The number of anilines is 1. The van der Waals surface area contributed by atoms with Gasteiger partial charge in [0.15, 0.2) is 5.78 Å². The maximum atomic E-state index is 13.1. The molecule has 0 aliphatic heterocycles. The Balaban J connectivity index is 1.72. The molecule has 6 heteroatoms. The fourth-order valence-corrected chi connectivity index (χ4v) is 3.74. The van der Waals surface area contributed by atoms with Gasteiger partial charge in [-0.15, -0.1) is 0 Å². The number of Topliss-reactive ketones (excluding diaryl/α,β-unsaturated/α-hetero) is 1. The van der Waals surface area contributed by atoms with E-state index in [9.17, 15) is 4.79 Å². The third kappa shape index (κ3) is 2.87. The van der Waals surface area contributed by atoms with Crippen LogP contribution in [-0.4, -0.2) is 27.8 Å². The highest BCUT2D eigenvalue weighted by Crippen LogP contribution is 2.34. The SMILES string of the molecule is COc1cccc2c(C(=O)C[C@H]3CCCc4cccnc43)nc(N)nc12. The quantitative estimate of drug-likeness (QED) is 0.727. The summed E-state index contributed by atoms with van der Waals surface area (Å²) in [5, 5.41) is 0.667. The van der Waals surface area contributed by atoms with Crippen LogP contribution in [0.25, 0.3) is 10.9 Å². The van der Waals surface area contributed by atoms with Gasteiger partial charge in [0.2, 0.25) is 5.95 Å². The fourth-order valence-electron chi connectivity index (χ4n) is 3.74. The first-order valence-electron chi connectivity index (χ1n) is 8.74. The molecule has 2 N–H and O–H groups in total. The van der Waals surface area contributed by atoms with E-state index in [1.54, 1.807) is 19.4 Å². The molecule has 1 aliphatic carbocycles. The van der Waals surface area contributed by atoms with Crippen LogP contribution in [0.4, 0.5) is 5.95 Å². The average molecular weight is 348 g/mol. The van der Waals surface area contributed by atoms with E-state index in [1.165, 1.54) is 5.56 Å². The summed E-state index contributed by atoms with van der Waals surface area (Å²) < 4.78 is 5.35. The Labute approximate surface area is 151 Å². The van der Waals surface area contributed by atoms with E-state index < -0.39 is 0 Å². The number of nitrogens with zero attached hydrogens (tertiary/aromatic N) is 3. The second-order valence-corrected chi connectivity index (χ2v) is 6.55. The molecule has 6 nitrogen and oxygen atoms in total. The predicted molar refractivity (Wildman–Crippen MR) is 99.4 cm³/mol. The highest BCUT2D eigenvalue weighted by Gasteiger charge is 2.26. The number of hydrogen-bond acceptors (Lipinski definition) is 6. The number of carbonyl (C=O) groups excluding carboxylic acids is 1. The van der Waals surface area contributed by atoms with Crippen molar-refractivity contribution in [2.45, 2.75) is 31.6 Å². The summed E-state index contributed by atoms with van der Waals surface area (Å²) in [6.45, 7) is 0. The topological polar surface area (TPSA) is 91.0 Å². The van der Waals surface area contributed by atoms with Gasteiger partial charge < -0.3 is 10.5 Å². The molecule has 0 fully saturated rings. The Morgan fingerprint density at radius 3 is 3.00 bits per heavy atom. The highest BCUT2D eigenvalue weighted by molar-refractivity contribution is 6.07. The number of hydrogen-bond donors (Lipinski definition) is 1. The lowest BCUT2D eigenvalue weighted by Crippen LogP contribution is -2.17. The summed E-state index contributed by atoms with van der Waals surface area (Å²) >= 11 is 0. The smallest absolute Gasteiger partial charge is 0.221 e. The number of ether oxygens (including phenoxy) is 1. The van der Waals surface area contributed by atoms with Crippen molar-refractivity contribution >= 4 is 22.6 Å². The van der Waals surface area contributed by atoms with Gasteiger partial charge in [-0.05, 0) is 37.0 Å². The van der Waals surface area contributed by atoms with E-state index in [-0.39, 0.29) is 17.6 Å². The molecule has 0 bridgehead atoms. The monoisotopic (exact) mass is 348 g/mol. The first kappa shape index (κ1) is 16.4. The zero-order chi connectivity index (χ0) is 18.1. The highest BCUT2D eigenvalue weighted by atomic mass is 16.5. The van der Waals surface area contributed by atoms with Crippen molar-refractivity contribution in [1.82, 2.24) is 15.0 Å². The summed E-state index contributed by atoms with van der Waals surface area (Å²) in [6, 6.07) is 9.51. The zero-order valence-electron chi connectivity index (χ0n) is 14.6. The molecular formula is C20H20N4O2. The molecule has 0 saturated carbocycles. The van der Waals surface area contributed by atoms with Gasteiger partial charge in [0, 0.05) is 29.6 Å². The number of benzene rings is 1. The lowest BCUT2D eigenvalue weighted by molar-refractivity contribution is 0.0967. The Kier molecular flexibility index (Phi) is 4.24. The van der Waals surface area contributed by atoms with E-state index in [2.05, 4.69) is 21.0 Å². The normalized spacial score (nSPS) is 16.3. The van der Waals surface area contributed by atoms with Crippen LogP contribution >= 0.6 is 0 Å². The van der Waals surface area contributed by atoms with Crippen LogP contribution in [0.5, 0.6) is 5.75 Å². The number of fused-ring (bicyclic) bond motifs is 2. The minimum absolute atomic E-state index is 0.0409. The van der Waals surface area contributed by atoms with Gasteiger partial charge in [-0.3, -0.25) is 9.78 Å². The van der Waals surface area contributed by atoms with Gasteiger partial charge in [0.1, 0.15) is 17.0 Å². The van der Waals surface area contributed by atoms with Crippen LogP contribution in [-0.2, 0) is 6.42 Å². The number of para-hydroxylation sites is 1. The molecule has 0 unspecified atom stereocenters. The van der Waals surface area contributed by atoms with Crippen LogP contribution in [0.1, 0.15) is 46.9 Å². The second-order valence-electron chi connectivity index (χ2n) is 6.55. The maximum Gasteiger partial charge on any atom is 0.221 e.